The maximum absolute atomic E-state index is 12.2. The molecular formula is C20H21N5O4S. The van der Waals surface area contributed by atoms with Gasteiger partial charge in [-0.25, -0.2) is 9.97 Å². The minimum Gasteiger partial charge on any atom is -0.480 e. The molecule has 2 atom stereocenters. The van der Waals surface area contributed by atoms with Gasteiger partial charge in [0.05, 0.1) is 4.92 Å². The van der Waals surface area contributed by atoms with Gasteiger partial charge in [0.15, 0.2) is 0 Å². The summed E-state index contributed by atoms with van der Waals surface area (Å²) in [6.45, 7) is 2.69. The first kappa shape index (κ1) is 20.2. The molecule has 1 fully saturated rings. The van der Waals surface area contributed by atoms with Crippen molar-refractivity contribution < 1.29 is 14.8 Å². The van der Waals surface area contributed by atoms with E-state index in [1.165, 1.54) is 12.1 Å². The number of fused-ring (bicyclic) bond motifs is 1. The van der Waals surface area contributed by atoms with Crippen LogP contribution in [0.2, 0.25) is 0 Å². The van der Waals surface area contributed by atoms with Crippen LogP contribution in [0.1, 0.15) is 25.3 Å². The average Bonchev–Trinajstić information content (AvgIpc) is 3.20. The van der Waals surface area contributed by atoms with E-state index in [0.29, 0.717) is 30.9 Å². The van der Waals surface area contributed by atoms with E-state index in [4.69, 9.17) is 0 Å². The number of carbonyl (C=O) groups is 1. The van der Waals surface area contributed by atoms with E-state index in [2.05, 4.69) is 15.3 Å². The number of carboxylic acids is 1. The summed E-state index contributed by atoms with van der Waals surface area (Å²) >= 11 is 1.55. The lowest BCUT2D eigenvalue weighted by Gasteiger charge is -2.43. The number of nitro groups is 1. The van der Waals surface area contributed by atoms with E-state index in [1.807, 2.05) is 23.3 Å². The van der Waals surface area contributed by atoms with Gasteiger partial charge in [-0.05, 0) is 36.8 Å². The Labute approximate surface area is 176 Å². The van der Waals surface area contributed by atoms with Gasteiger partial charge in [0.1, 0.15) is 10.4 Å². The predicted octanol–water partition coefficient (Wildman–Crippen LogP) is 3.20. The molecule has 1 saturated heterocycles. The molecule has 3 heterocycles. The molecule has 0 aliphatic carbocycles. The van der Waals surface area contributed by atoms with Crippen molar-refractivity contribution in [3.63, 3.8) is 0 Å². The maximum atomic E-state index is 12.2. The van der Waals surface area contributed by atoms with Crippen molar-refractivity contribution >= 4 is 39.2 Å². The van der Waals surface area contributed by atoms with Crippen LogP contribution in [0, 0.1) is 10.1 Å². The molecule has 0 saturated carbocycles. The zero-order valence-corrected chi connectivity index (χ0v) is 17.1. The van der Waals surface area contributed by atoms with E-state index < -0.39 is 16.4 Å². The number of hydrogen-bond donors (Lipinski definition) is 2. The van der Waals surface area contributed by atoms with E-state index in [9.17, 15) is 20.0 Å². The van der Waals surface area contributed by atoms with Crippen molar-refractivity contribution in [2.24, 2.45) is 0 Å². The van der Waals surface area contributed by atoms with Gasteiger partial charge in [0, 0.05) is 42.8 Å². The summed E-state index contributed by atoms with van der Waals surface area (Å²) in [6.07, 6.45) is 2.52. The number of nitrogens with zero attached hydrogens (tertiary/aromatic N) is 4. The first-order chi connectivity index (χ1) is 14.4. The molecule has 0 amide bonds. The van der Waals surface area contributed by atoms with Gasteiger partial charge >= 0.3 is 5.97 Å². The molecule has 156 valence electrons. The molecule has 1 aliphatic heterocycles. The second-order valence-electron chi connectivity index (χ2n) is 7.52. The summed E-state index contributed by atoms with van der Waals surface area (Å²) < 4.78 is 0. The molecule has 30 heavy (non-hydrogen) atoms. The van der Waals surface area contributed by atoms with Crippen molar-refractivity contribution in [2.45, 2.75) is 37.9 Å². The summed E-state index contributed by atoms with van der Waals surface area (Å²) in [5.41, 5.74) is -0.456. The van der Waals surface area contributed by atoms with Crippen molar-refractivity contribution in [2.75, 3.05) is 11.4 Å². The number of nitro benzene ring substituents is 1. The van der Waals surface area contributed by atoms with Crippen LogP contribution >= 0.6 is 11.3 Å². The normalized spacial score (nSPS) is 21.6. The molecule has 9 nitrogen and oxygen atoms in total. The van der Waals surface area contributed by atoms with Crippen LogP contribution in [-0.2, 0) is 11.3 Å². The average molecular weight is 427 g/mol. The van der Waals surface area contributed by atoms with E-state index in [-0.39, 0.29) is 18.3 Å². The standard InChI is InChI=1S/C20H21N5O4S/c1-13-10-20(18(26)27,22-11-14-3-2-4-16(9-14)25(28)29)6-7-24(13)19-21-12-15-5-8-30-17(15)23-19/h2-5,8-9,12-13,22H,6-7,10-11H2,1H3,(H,26,27). The summed E-state index contributed by atoms with van der Waals surface area (Å²) in [6, 6.07) is 8.11. The van der Waals surface area contributed by atoms with E-state index >= 15 is 0 Å². The van der Waals surface area contributed by atoms with Crippen molar-refractivity contribution in [3.05, 3.63) is 57.6 Å². The smallest absolute Gasteiger partial charge is 0.324 e. The Hall–Kier alpha value is -3.11. The Morgan fingerprint density at radius 3 is 3.03 bits per heavy atom. The monoisotopic (exact) mass is 427 g/mol. The van der Waals surface area contributed by atoms with Crippen LogP contribution in [0.3, 0.4) is 0 Å². The fourth-order valence-electron chi connectivity index (χ4n) is 3.91. The number of nitrogens with one attached hydrogen (secondary N) is 1. The number of rotatable bonds is 6. The number of aromatic nitrogens is 2. The predicted molar refractivity (Wildman–Crippen MR) is 114 cm³/mol. The van der Waals surface area contributed by atoms with E-state index in [1.54, 1.807) is 29.7 Å². The number of benzene rings is 1. The fourth-order valence-corrected chi connectivity index (χ4v) is 4.65. The van der Waals surface area contributed by atoms with Gasteiger partial charge in [0.2, 0.25) is 5.95 Å². The number of hydrogen-bond acceptors (Lipinski definition) is 8. The number of anilines is 1. The van der Waals surface area contributed by atoms with Crippen LogP contribution < -0.4 is 10.2 Å². The van der Waals surface area contributed by atoms with E-state index in [0.717, 1.165) is 10.2 Å². The highest BCUT2D eigenvalue weighted by Gasteiger charge is 2.44. The Kier molecular flexibility index (Phi) is 5.35. The summed E-state index contributed by atoms with van der Waals surface area (Å²) in [5, 5.41) is 27.1. The van der Waals surface area contributed by atoms with Crippen LogP contribution in [0.4, 0.5) is 11.6 Å². The second-order valence-corrected chi connectivity index (χ2v) is 8.41. The zero-order valence-electron chi connectivity index (χ0n) is 16.3. The summed E-state index contributed by atoms with van der Waals surface area (Å²) in [4.78, 5) is 34.7. The zero-order chi connectivity index (χ0) is 21.3. The fraction of sp³-hybridized carbons (Fsp3) is 0.350. The molecule has 1 aliphatic rings. The minimum atomic E-state index is -1.12. The molecule has 4 rings (SSSR count). The first-order valence-corrected chi connectivity index (χ1v) is 10.4. The molecule has 0 bridgehead atoms. The van der Waals surface area contributed by atoms with Crippen LogP contribution in [0.5, 0.6) is 0 Å². The molecule has 10 heteroatoms. The molecule has 1 aromatic carbocycles. The summed E-state index contributed by atoms with van der Waals surface area (Å²) in [5.74, 6) is -0.316. The van der Waals surface area contributed by atoms with Gasteiger partial charge in [0.25, 0.3) is 5.69 Å². The van der Waals surface area contributed by atoms with Crippen molar-refractivity contribution in [1.29, 1.82) is 0 Å². The number of piperidine rings is 1. The maximum Gasteiger partial charge on any atom is 0.324 e. The lowest BCUT2D eigenvalue weighted by atomic mass is 9.83. The van der Waals surface area contributed by atoms with Gasteiger partial charge in [-0.2, -0.15) is 0 Å². The third-order valence-electron chi connectivity index (χ3n) is 5.57. The third-order valence-corrected chi connectivity index (χ3v) is 6.39. The molecule has 2 unspecified atom stereocenters. The number of thiophene rings is 1. The van der Waals surface area contributed by atoms with Gasteiger partial charge in [-0.1, -0.05) is 12.1 Å². The van der Waals surface area contributed by atoms with Gasteiger partial charge in [-0.3, -0.25) is 20.2 Å². The topological polar surface area (TPSA) is 121 Å². The Morgan fingerprint density at radius 1 is 1.47 bits per heavy atom. The van der Waals surface area contributed by atoms with Gasteiger partial charge < -0.3 is 10.0 Å². The molecule has 2 N–H and O–H groups in total. The third kappa shape index (κ3) is 3.83. The first-order valence-electron chi connectivity index (χ1n) is 9.57. The minimum absolute atomic E-state index is 0.0111. The highest BCUT2D eigenvalue weighted by molar-refractivity contribution is 7.16. The quantitative estimate of drug-likeness (QED) is 0.454. The Morgan fingerprint density at radius 2 is 2.30 bits per heavy atom. The number of non-ortho nitro benzene ring substituents is 1. The molecule has 2 aromatic heterocycles. The lowest BCUT2D eigenvalue weighted by Crippen LogP contribution is -2.61. The van der Waals surface area contributed by atoms with Gasteiger partial charge in [-0.15, -0.1) is 11.3 Å². The highest BCUT2D eigenvalue weighted by Crippen LogP contribution is 2.31. The van der Waals surface area contributed by atoms with Crippen LogP contribution in [0.25, 0.3) is 10.2 Å². The molecule has 0 spiro atoms. The number of aliphatic carboxylic acids is 1. The lowest BCUT2D eigenvalue weighted by molar-refractivity contribution is -0.384. The van der Waals surface area contributed by atoms with Crippen molar-refractivity contribution in [1.82, 2.24) is 15.3 Å². The largest absolute Gasteiger partial charge is 0.480 e. The van der Waals surface area contributed by atoms with Crippen molar-refractivity contribution in [3.8, 4) is 0 Å². The highest BCUT2D eigenvalue weighted by atomic mass is 32.1. The molecular weight excluding hydrogens is 406 g/mol. The van der Waals surface area contributed by atoms with Crippen LogP contribution in [0.15, 0.2) is 41.9 Å². The Bertz CT molecular complexity index is 1100. The second kappa shape index (κ2) is 7.96. The molecule has 0 radical (unpaired) electrons. The number of carboxylic acid groups (broad SMARTS) is 1. The molecule has 3 aromatic rings. The van der Waals surface area contributed by atoms with Crippen LogP contribution in [-0.4, -0.2) is 44.1 Å². The Balaban J connectivity index is 1.50. The summed E-state index contributed by atoms with van der Waals surface area (Å²) in [7, 11) is 0. The SMILES string of the molecule is CC1CC(NCc2cccc([N+](=O)[O-])c2)(C(=O)O)CCN1c1ncc2ccsc2n1.